The number of aliphatic carboxylic acids is 2. The number of hydrogen-bond donors (Lipinski definition) is 3. The molecule has 1 aromatic heterocycles. The Morgan fingerprint density at radius 1 is 1.39 bits per heavy atom. The Labute approximate surface area is 102 Å². The van der Waals surface area contributed by atoms with Crippen molar-refractivity contribution in [3.05, 3.63) is 23.7 Å². The maximum Gasteiger partial charge on any atom is 0.326 e. The summed E-state index contributed by atoms with van der Waals surface area (Å²) < 4.78 is 5.03. The lowest BCUT2D eigenvalue weighted by Gasteiger charge is -2.11. The second-order valence-electron chi connectivity index (χ2n) is 3.57. The number of carbonyl (C=O) groups excluding carboxylic acids is 1. The minimum Gasteiger partial charge on any atom is -0.481 e. The number of rotatable bonds is 6. The molecule has 98 valence electrons. The Morgan fingerprint density at radius 3 is 2.56 bits per heavy atom. The van der Waals surface area contributed by atoms with Gasteiger partial charge in [0.2, 0.25) is 0 Å². The van der Waals surface area contributed by atoms with E-state index in [0.29, 0.717) is 12.2 Å². The van der Waals surface area contributed by atoms with E-state index in [-0.39, 0.29) is 5.56 Å². The second kappa shape index (κ2) is 5.85. The summed E-state index contributed by atoms with van der Waals surface area (Å²) in [4.78, 5) is 33.0. The first kappa shape index (κ1) is 13.8. The number of nitrogens with one attached hydrogen (secondary N) is 1. The average Bonchev–Trinajstić information content (AvgIpc) is 2.75. The smallest absolute Gasteiger partial charge is 0.326 e. The van der Waals surface area contributed by atoms with Gasteiger partial charge in [-0.15, -0.1) is 0 Å². The molecule has 0 aromatic carbocycles. The first-order valence-electron chi connectivity index (χ1n) is 5.27. The fourth-order valence-corrected chi connectivity index (χ4v) is 1.43. The Bertz CT molecular complexity index is 464. The van der Waals surface area contributed by atoms with E-state index < -0.39 is 30.3 Å². The normalized spacial score (nSPS) is 11.8. The summed E-state index contributed by atoms with van der Waals surface area (Å²) in [7, 11) is 0. The predicted molar refractivity (Wildman–Crippen MR) is 59.2 cm³/mol. The fraction of sp³-hybridized carbons (Fsp3) is 0.364. The molecule has 0 saturated carbocycles. The molecule has 3 N–H and O–H groups in total. The molecule has 0 aliphatic carbocycles. The lowest BCUT2D eigenvalue weighted by molar-refractivity contribution is -0.145. The van der Waals surface area contributed by atoms with Crippen LogP contribution in [-0.2, 0) is 16.0 Å². The van der Waals surface area contributed by atoms with Gasteiger partial charge >= 0.3 is 11.9 Å². The van der Waals surface area contributed by atoms with E-state index in [1.807, 2.05) is 0 Å². The SMILES string of the molecule is CCc1occc1C(=O)N[C@H](CC(=O)O)C(=O)O. The summed E-state index contributed by atoms with van der Waals surface area (Å²) in [6.45, 7) is 1.78. The molecular weight excluding hydrogens is 242 g/mol. The molecule has 18 heavy (non-hydrogen) atoms. The number of carboxylic acid groups (broad SMARTS) is 2. The van der Waals surface area contributed by atoms with Gasteiger partial charge in [-0.2, -0.15) is 0 Å². The van der Waals surface area contributed by atoms with E-state index >= 15 is 0 Å². The van der Waals surface area contributed by atoms with Crippen LogP contribution in [0.1, 0.15) is 29.5 Å². The van der Waals surface area contributed by atoms with Gasteiger partial charge in [0.25, 0.3) is 5.91 Å². The van der Waals surface area contributed by atoms with Crippen LogP contribution in [0.5, 0.6) is 0 Å². The van der Waals surface area contributed by atoms with Crippen LogP contribution in [0.4, 0.5) is 0 Å². The maximum atomic E-state index is 11.8. The van der Waals surface area contributed by atoms with E-state index in [4.69, 9.17) is 14.6 Å². The zero-order chi connectivity index (χ0) is 13.7. The van der Waals surface area contributed by atoms with E-state index in [2.05, 4.69) is 5.32 Å². The van der Waals surface area contributed by atoms with Crippen LogP contribution in [0, 0.1) is 0 Å². The molecule has 1 atom stereocenters. The minimum atomic E-state index is -1.46. The van der Waals surface area contributed by atoms with Gasteiger partial charge in [0.1, 0.15) is 11.8 Å². The summed E-state index contributed by atoms with van der Waals surface area (Å²) in [5, 5.41) is 19.5. The molecule has 1 heterocycles. The van der Waals surface area contributed by atoms with Crippen molar-refractivity contribution in [2.24, 2.45) is 0 Å². The molecular formula is C11H13NO6. The Hall–Kier alpha value is -2.31. The molecule has 0 saturated heterocycles. The largest absolute Gasteiger partial charge is 0.481 e. The first-order valence-corrected chi connectivity index (χ1v) is 5.27. The summed E-state index contributed by atoms with van der Waals surface area (Å²) in [6.07, 6.45) is 1.12. The van der Waals surface area contributed by atoms with Crippen molar-refractivity contribution in [2.75, 3.05) is 0 Å². The first-order chi connectivity index (χ1) is 8.45. The zero-order valence-corrected chi connectivity index (χ0v) is 9.67. The van der Waals surface area contributed by atoms with Gasteiger partial charge < -0.3 is 19.9 Å². The van der Waals surface area contributed by atoms with E-state index in [9.17, 15) is 14.4 Å². The number of hydrogen-bond acceptors (Lipinski definition) is 4. The van der Waals surface area contributed by atoms with Crippen LogP contribution >= 0.6 is 0 Å². The third kappa shape index (κ3) is 3.34. The van der Waals surface area contributed by atoms with Crippen LogP contribution in [-0.4, -0.2) is 34.1 Å². The minimum absolute atomic E-state index is 0.217. The van der Waals surface area contributed by atoms with Crippen molar-refractivity contribution in [2.45, 2.75) is 25.8 Å². The van der Waals surface area contributed by atoms with Crippen LogP contribution in [0.15, 0.2) is 16.7 Å². The second-order valence-corrected chi connectivity index (χ2v) is 3.57. The molecule has 0 aliphatic rings. The molecule has 7 nitrogen and oxygen atoms in total. The van der Waals surface area contributed by atoms with Gasteiger partial charge in [-0.05, 0) is 6.07 Å². The van der Waals surface area contributed by atoms with E-state index in [1.165, 1.54) is 12.3 Å². The van der Waals surface area contributed by atoms with Gasteiger partial charge in [0.05, 0.1) is 18.2 Å². The van der Waals surface area contributed by atoms with Crippen molar-refractivity contribution < 1.29 is 29.0 Å². The zero-order valence-electron chi connectivity index (χ0n) is 9.67. The number of aryl methyl sites for hydroxylation is 1. The number of amides is 1. The Kier molecular flexibility index (Phi) is 4.47. The highest BCUT2D eigenvalue weighted by atomic mass is 16.4. The standard InChI is InChI=1S/C11H13NO6/c1-2-8-6(3-4-18-8)10(15)12-7(11(16)17)5-9(13)14/h3-4,7H,2,5H2,1H3,(H,12,15)(H,13,14)(H,16,17)/t7-/m1/s1. The average molecular weight is 255 g/mol. The van der Waals surface area contributed by atoms with Gasteiger partial charge in [0.15, 0.2) is 0 Å². The number of carbonyl (C=O) groups is 3. The summed E-state index contributed by atoms with van der Waals surface area (Å²) in [5.41, 5.74) is 0.217. The molecule has 0 aliphatic heterocycles. The highest BCUT2D eigenvalue weighted by molar-refractivity contribution is 5.98. The molecule has 0 bridgehead atoms. The predicted octanol–water partition coefficient (Wildman–Crippen LogP) is 0.500. The lowest BCUT2D eigenvalue weighted by Crippen LogP contribution is -2.42. The van der Waals surface area contributed by atoms with Crippen molar-refractivity contribution in [1.29, 1.82) is 0 Å². The number of carboxylic acids is 2. The van der Waals surface area contributed by atoms with Crippen LogP contribution in [0.25, 0.3) is 0 Å². The molecule has 0 spiro atoms. The Morgan fingerprint density at radius 2 is 2.06 bits per heavy atom. The molecule has 0 radical (unpaired) electrons. The molecule has 0 fully saturated rings. The number of furan rings is 1. The van der Waals surface area contributed by atoms with Gasteiger partial charge in [-0.3, -0.25) is 9.59 Å². The van der Waals surface area contributed by atoms with Gasteiger partial charge in [-0.1, -0.05) is 6.92 Å². The molecule has 1 amide bonds. The van der Waals surface area contributed by atoms with E-state index in [0.717, 1.165) is 0 Å². The Balaban J connectivity index is 2.78. The fourth-order valence-electron chi connectivity index (χ4n) is 1.43. The third-order valence-electron chi connectivity index (χ3n) is 2.29. The molecule has 7 heteroatoms. The van der Waals surface area contributed by atoms with Gasteiger partial charge in [0, 0.05) is 6.42 Å². The highest BCUT2D eigenvalue weighted by Crippen LogP contribution is 2.11. The highest BCUT2D eigenvalue weighted by Gasteiger charge is 2.25. The van der Waals surface area contributed by atoms with Crippen molar-refractivity contribution in [3.63, 3.8) is 0 Å². The summed E-state index contributed by atoms with van der Waals surface area (Å²) >= 11 is 0. The van der Waals surface area contributed by atoms with Crippen LogP contribution < -0.4 is 5.32 Å². The summed E-state index contributed by atoms with van der Waals surface area (Å²) in [6, 6.07) is -0.0528. The van der Waals surface area contributed by atoms with Gasteiger partial charge in [-0.25, -0.2) is 4.79 Å². The maximum absolute atomic E-state index is 11.8. The molecule has 0 unspecified atom stereocenters. The van der Waals surface area contributed by atoms with Crippen molar-refractivity contribution in [3.8, 4) is 0 Å². The summed E-state index contributed by atoms with van der Waals surface area (Å²) in [5.74, 6) is -2.93. The quantitative estimate of drug-likeness (QED) is 0.681. The molecule has 1 aromatic rings. The lowest BCUT2D eigenvalue weighted by atomic mass is 10.1. The third-order valence-corrected chi connectivity index (χ3v) is 2.29. The monoisotopic (exact) mass is 255 g/mol. The van der Waals surface area contributed by atoms with Crippen LogP contribution in [0.2, 0.25) is 0 Å². The van der Waals surface area contributed by atoms with Crippen molar-refractivity contribution in [1.82, 2.24) is 5.32 Å². The molecule has 1 rings (SSSR count). The van der Waals surface area contributed by atoms with E-state index in [1.54, 1.807) is 6.92 Å². The van der Waals surface area contributed by atoms with Crippen LogP contribution in [0.3, 0.4) is 0 Å². The topological polar surface area (TPSA) is 117 Å². The van der Waals surface area contributed by atoms with Crippen molar-refractivity contribution >= 4 is 17.8 Å².